The van der Waals surface area contributed by atoms with E-state index in [1.165, 1.54) is 42.5 Å². The highest BCUT2D eigenvalue weighted by Crippen LogP contribution is 2.48. The van der Waals surface area contributed by atoms with Crippen LogP contribution in [-0.2, 0) is 14.3 Å². The molecule has 184 valence electrons. The van der Waals surface area contributed by atoms with E-state index in [0.29, 0.717) is 26.9 Å². The minimum absolute atomic E-state index is 0.123. The monoisotopic (exact) mass is 496 g/mol. The van der Waals surface area contributed by atoms with Crippen molar-refractivity contribution in [1.29, 1.82) is 0 Å². The molecule has 0 aliphatic carbocycles. The van der Waals surface area contributed by atoms with Gasteiger partial charge in [-0.1, -0.05) is 30.3 Å². The Hall–Kier alpha value is -3.30. The van der Waals surface area contributed by atoms with Gasteiger partial charge in [-0.05, 0) is 45.7 Å². The number of anilines is 1. The number of ether oxygens (including phenoxy) is 1. The number of rotatable bonds is 8. The highest BCUT2D eigenvalue weighted by Gasteiger charge is 2.53. The number of carboxylic acids is 1. The molecule has 3 aromatic rings. The number of ketones is 1. The van der Waals surface area contributed by atoms with Crippen LogP contribution in [0, 0.1) is 18.3 Å². The van der Waals surface area contributed by atoms with Crippen molar-refractivity contribution in [2.45, 2.75) is 46.8 Å². The molecular weight excluding hydrogens is 468 g/mol. The molecule has 1 aromatic carbocycles. The number of oxazole rings is 1. The molecular formula is C26H28N2O6S. The molecule has 0 radical (unpaired) electrons. The molecule has 1 unspecified atom stereocenters. The number of fused-ring (bicyclic) bond motifs is 1. The summed E-state index contributed by atoms with van der Waals surface area (Å²) in [4.78, 5) is 46.0. The van der Waals surface area contributed by atoms with Gasteiger partial charge in [-0.15, -0.1) is 11.3 Å². The fourth-order valence-corrected chi connectivity index (χ4v) is 5.62. The number of hydrogen-bond acceptors (Lipinski definition) is 7. The summed E-state index contributed by atoms with van der Waals surface area (Å²) in [6.45, 7) is 8.54. The van der Waals surface area contributed by atoms with Gasteiger partial charge in [0.25, 0.3) is 0 Å². The lowest BCUT2D eigenvalue weighted by Crippen LogP contribution is -2.53. The van der Waals surface area contributed by atoms with Crippen LogP contribution in [0.4, 0.5) is 5.00 Å². The molecule has 0 saturated heterocycles. The molecule has 2 aromatic heterocycles. The summed E-state index contributed by atoms with van der Waals surface area (Å²) in [5.74, 6) is -3.31. The number of aliphatic carboxylic acids is 1. The van der Waals surface area contributed by atoms with Crippen LogP contribution in [0.1, 0.15) is 55.3 Å². The van der Waals surface area contributed by atoms with Gasteiger partial charge < -0.3 is 14.3 Å². The first-order chi connectivity index (χ1) is 16.5. The molecule has 1 aliphatic heterocycles. The maximum Gasteiger partial charge on any atom is 0.310 e. The molecule has 8 nitrogen and oxygen atoms in total. The lowest BCUT2D eigenvalue weighted by Gasteiger charge is -2.38. The van der Waals surface area contributed by atoms with Crippen molar-refractivity contribution in [1.82, 2.24) is 4.98 Å². The Labute approximate surface area is 207 Å². The third-order valence-electron chi connectivity index (χ3n) is 6.25. The third-order valence-corrected chi connectivity index (χ3v) is 7.55. The number of thiophene rings is 1. The van der Waals surface area contributed by atoms with Crippen molar-refractivity contribution in [3.8, 4) is 10.8 Å². The molecule has 0 spiro atoms. The van der Waals surface area contributed by atoms with Crippen molar-refractivity contribution >= 4 is 34.0 Å². The van der Waals surface area contributed by atoms with E-state index in [4.69, 9.17) is 9.15 Å². The predicted octanol–water partition coefficient (Wildman–Crippen LogP) is 5.13. The van der Waals surface area contributed by atoms with Crippen LogP contribution < -0.4 is 4.90 Å². The Kier molecular flexibility index (Phi) is 6.66. The number of carbonyl (C=O) groups excluding carboxylic acids is 2. The second kappa shape index (κ2) is 9.39. The van der Waals surface area contributed by atoms with E-state index in [0.717, 1.165) is 5.56 Å². The van der Waals surface area contributed by atoms with Crippen molar-refractivity contribution in [3.05, 3.63) is 59.5 Å². The second-order valence-electron chi connectivity index (χ2n) is 9.43. The SMILES string of the molecule is Cc1c(-c2ncco2)sc2c1C(=O)C(C(C)(C)C(=O)O)C(=O)N2C[C@H](OC(C)C)c1ccccc1. The largest absolute Gasteiger partial charge is 0.481 e. The molecule has 35 heavy (non-hydrogen) atoms. The Bertz CT molecular complexity index is 1250. The number of carboxylic acid groups (broad SMARTS) is 1. The van der Waals surface area contributed by atoms with Crippen LogP contribution in [0.25, 0.3) is 10.8 Å². The number of aromatic nitrogens is 1. The average Bonchev–Trinajstić information content (AvgIpc) is 3.44. The highest BCUT2D eigenvalue weighted by molar-refractivity contribution is 7.20. The van der Waals surface area contributed by atoms with Crippen LogP contribution in [0.3, 0.4) is 0 Å². The lowest BCUT2D eigenvalue weighted by atomic mass is 9.72. The van der Waals surface area contributed by atoms with Gasteiger partial charge in [0.2, 0.25) is 11.8 Å². The molecule has 9 heteroatoms. The van der Waals surface area contributed by atoms with E-state index >= 15 is 0 Å². The van der Waals surface area contributed by atoms with Gasteiger partial charge in [-0.3, -0.25) is 19.3 Å². The molecule has 2 atom stereocenters. The van der Waals surface area contributed by atoms with Crippen LogP contribution in [0.2, 0.25) is 0 Å². The van der Waals surface area contributed by atoms with Gasteiger partial charge in [0.15, 0.2) is 5.78 Å². The number of carbonyl (C=O) groups is 3. The van der Waals surface area contributed by atoms with E-state index < -0.39 is 35.1 Å². The first kappa shape index (κ1) is 24.8. The second-order valence-corrected chi connectivity index (χ2v) is 10.4. The molecule has 0 bridgehead atoms. The average molecular weight is 497 g/mol. The van der Waals surface area contributed by atoms with Gasteiger partial charge >= 0.3 is 5.97 Å². The number of nitrogens with zero attached hydrogens (tertiary/aromatic N) is 2. The van der Waals surface area contributed by atoms with E-state index in [1.54, 1.807) is 6.92 Å². The summed E-state index contributed by atoms with van der Waals surface area (Å²) in [7, 11) is 0. The lowest BCUT2D eigenvalue weighted by molar-refractivity contribution is -0.152. The zero-order valence-corrected chi connectivity index (χ0v) is 21.1. The van der Waals surface area contributed by atoms with Crippen LogP contribution in [0.5, 0.6) is 0 Å². The minimum atomic E-state index is -1.61. The maximum absolute atomic E-state index is 13.9. The number of Topliss-reactive ketones (excluding diaryl/α,β-unsaturated/α-hetero) is 1. The summed E-state index contributed by atoms with van der Waals surface area (Å²) < 4.78 is 11.7. The molecule has 1 aliphatic rings. The summed E-state index contributed by atoms with van der Waals surface area (Å²) >= 11 is 1.24. The predicted molar refractivity (Wildman–Crippen MR) is 132 cm³/mol. The van der Waals surface area contributed by atoms with Gasteiger partial charge in [-0.25, -0.2) is 4.98 Å². The highest BCUT2D eigenvalue weighted by atomic mass is 32.1. The summed E-state index contributed by atoms with van der Waals surface area (Å²) in [5, 5.41) is 10.4. The van der Waals surface area contributed by atoms with Crippen LogP contribution in [-0.4, -0.2) is 40.4 Å². The Morgan fingerprint density at radius 1 is 1.26 bits per heavy atom. The maximum atomic E-state index is 13.9. The molecule has 1 N–H and O–H groups in total. The van der Waals surface area contributed by atoms with Gasteiger partial charge in [0.05, 0.1) is 34.7 Å². The molecule has 4 rings (SSSR count). The quantitative estimate of drug-likeness (QED) is 0.430. The van der Waals surface area contributed by atoms with Gasteiger partial charge in [-0.2, -0.15) is 0 Å². The summed E-state index contributed by atoms with van der Waals surface area (Å²) in [5.41, 5.74) is 0.214. The molecule has 0 saturated carbocycles. The zero-order valence-electron chi connectivity index (χ0n) is 20.3. The first-order valence-corrected chi connectivity index (χ1v) is 12.2. The van der Waals surface area contributed by atoms with E-state index in [-0.39, 0.29) is 12.6 Å². The third kappa shape index (κ3) is 4.41. The molecule has 0 fully saturated rings. The minimum Gasteiger partial charge on any atom is -0.481 e. The van der Waals surface area contributed by atoms with Gasteiger partial charge in [0.1, 0.15) is 23.3 Å². The fraction of sp³-hybridized carbons (Fsp3) is 0.385. The normalized spacial score (nSPS) is 17.1. The van der Waals surface area contributed by atoms with Crippen molar-refractivity contribution in [3.63, 3.8) is 0 Å². The van der Waals surface area contributed by atoms with E-state index in [9.17, 15) is 19.5 Å². The first-order valence-electron chi connectivity index (χ1n) is 11.4. The van der Waals surface area contributed by atoms with Gasteiger partial charge in [0, 0.05) is 0 Å². The summed E-state index contributed by atoms with van der Waals surface area (Å²) in [6, 6.07) is 9.53. The standard InChI is InChI=1S/C26H28N2O6S/c1-14(2)34-17(16-9-7-6-8-10-16)13-28-23(30)19(26(4,5)25(31)32)20(29)18-15(3)21(35-24(18)28)22-27-11-12-33-22/h6-12,14,17,19H,13H2,1-5H3,(H,31,32)/t17-,19?/m0/s1. The molecule has 1 amide bonds. The zero-order chi connectivity index (χ0) is 25.5. The number of benzene rings is 1. The summed E-state index contributed by atoms with van der Waals surface area (Å²) in [6.07, 6.45) is 2.34. The fourth-order valence-electron chi connectivity index (χ4n) is 4.35. The number of hydrogen-bond donors (Lipinski definition) is 1. The Morgan fingerprint density at radius 2 is 1.94 bits per heavy atom. The molecule has 3 heterocycles. The topological polar surface area (TPSA) is 110 Å². The van der Waals surface area contributed by atoms with Crippen molar-refractivity contribution in [2.24, 2.45) is 11.3 Å². The Balaban J connectivity index is 1.87. The Morgan fingerprint density at radius 3 is 2.51 bits per heavy atom. The number of amides is 1. The van der Waals surface area contributed by atoms with Crippen LogP contribution in [0.15, 0.2) is 47.2 Å². The van der Waals surface area contributed by atoms with Crippen LogP contribution >= 0.6 is 11.3 Å². The smallest absolute Gasteiger partial charge is 0.310 e. The van der Waals surface area contributed by atoms with Crippen molar-refractivity contribution < 1.29 is 28.6 Å². The van der Waals surface area contributed by atoms with E-state index in [2.05, 4.69) is 4.98 Å². The van der Waals surface area contributed by atoms with Crippen molar-refractivity contribution in [2.75, 3.05) is 11.4 Å². The van der Waals surface area contributed by atoms with E-state index in [1.807, 2.05) is 44.2 Å².